The van der Waals surface area contributed by atoms with Crippen LogP contribution < -0.4 is 10.6 Å². The van der Waals surface area contributed by atoms with Crippen LogP contribution in [0.15, 0.2) is 30.3 Å². The van der Waals surface area contributed by atoms with Crippen LogP contribution in [0.2, 0.25) is 0 Å². The van der Waals surface area contributed by atoms with Gasteiger partial charge in [-0.25, -0.2) is 4.79 Å². The van der Waals surface area contributed by atoms with Gasteiger partial charge in [0, 0.05) is 13.5 Å². The molecular weight excluding hydrogens is 332 g/mol. The first-order valence-corrected chi connectivity index (χ1v) is 7.80. The lowest BCUT2D eigenvalue weighted by Gasteiger charge is -2.35. The van der Waals surface area contributed by atoms with Crippen molar-refractivity contribution < 1.29 is 19.1 Å². The lowest BCUT2D eigenvalue weighted by molar-refractivity contribution is -0.153. The van der Waals surface area contributed by atoms with E-state index in [4.69, 9.17) is 9.47 Å². The predicted octanol–water partition coefficient (Wildman–Crippen LogP) is 1.08. The fraction of sp³-hybridized carbons (Fsp3) is 0.529. The highest BCUT2D eigenvalue weighted by Crippen LogP contribution is 2.23. The third-order valence-electron chi connectivity index (χ3n) is 4.29. The highest BCUT2D eigenvalue weighted by atomic mass is 35.5. The van der Waals surface area contributed by atoms with Gasteiger partial charge in [-0.05, 0) is 31.5 Å². The molecule has 24 heavy (non-hydrogen) atoms. The third kappa shape index (κ3) is 4.93. The Bertz CT molecular complexity index is 533. The monoisotopic (exact) mass is 356 g/mol. The van der Waals surface area contributed by atoms with Crippen LogP contribution in [0.4, 0.5) is 0 Å². The van der Waals surface area contributed by atoms with Gasteiger partial charge in [0.2, 0.25) is 0 Å². The van der Waals surface area contributed by atoms with E-state index in [2.05, 4.69) is 10.6 Å². The molecule has 6 nitrogen and oxygen atoms in total. The van der Waals surface area contributed by atoms with Crippen molar-refractivity contribution in [3.8, 4) is 0 Å². The first kappa shape index (κ1) is 20.4. The minimum atomic E-state index is -0.881. The first-order chi connectivity index (χ1) is 11.1. The second kappa shape index (κ2) is 9.61. The predicted molar refractivity (Wildman–Crippen MR) is 93.2 cm³/mol. The fourth-order valence-corrected chi connectivity index (χ4v) is 2.83. The average molecular weight is 357 g/mol. The number of amides is 1. The molecule has 134 valence electrons. The first-order valence-electron chi connectivity index (χ1n) is 7.80. The second-order valence-corrected chi connectivity index (χ2v) is 5.69. The molecular formula is C17H25ClN2O4. The number of hydrogen-bond acceptors (Lipinski definition) is 5. The minimum absolute atomic E-state index is 0. The Morgan fingerprint density at radius 1 is 1.21 bits per heavy atom. The molecule has 1 aromatic carbocycles. The number of esters is 1. The zero-order chi connectivity index (χ0) is 16.7. The van der Waals surface area contributed by atoms with Crippen LogP contribution in [0.3, 0.4) is 0 Å². The molecule has 1 atom stereocenters. The zero-order valence-electron chi connectivity index (χ0n) is 14.0. The molecule has 0 bridgehead atoms. The van der Waals surface area contributed by atoms with Crippen molar-refractivity contribution in [1.82, 2.24) is 10.6 Å². The summed E-state index contributed by atoms with van der Waals surface area (Å²) in [5, 5.41) is 6.02. The molecule has 1 heterocycles. The summed E-state index contributed by atoms with van der Waals surface area (Å²) in [5.74, 6) is -0.713. The van der Waals surface area contributed by atoms with Crippen LogP contribution in [0, 0.1) is 0 Å². The normalized spacial score (nSPS) is 17.2. The Labute approximate surface area is 148 Å². The molecule has 1 fully saturated rings. The molecule has 2 N–H and O–H groups in total. The number of nitrogens with one attached hydrogen (secondary N) is 2. The minimum Gasteiger partial charge on any atom is -0.467 e. The Balaban J connectivity index is 0.00000288. The largest absolute Gasteiger partial charge is 0.467 e. The Kier molecular flexibility index (Phi) is 8.18. The van der Waals surface area contributed by atoms with Gasteiger partial charge in [-0.3, -0.25) is 4.79 Å². The van der Waals surface area contributed by atoms with Gasteiger partial charge < -0.3 is 20.1 Å². The number of piperidine rings is 1. The molecule has 1 unspecified atom stereocenters. The van der Waals surface area contributed by atoms with Crippen LogP contribution in [-0.2, 0) is 25.5 Å². The Hall–Kier alpha value is -1.63. The summed E-state index contributed by atoms with van der Waals surface area (Å²) in [7, 11) is 2.86. The SMILES string of the molecule is COC(=O)C(Cc1ccccc1)NC(=O)C1(OC)CCNCC1.Cl. The van der Waals surface area contributed by atoms with E-state index in [1.165, 1.54) is 14.2 Å². The van der Waals surface area contributed by atoms with Crippen LogP contribution in [0.25, 0.3) is 0 Å². The number of rotatable bonds is 6. The number of methoxy groups -OCH3 is 2. The summed E-state index contributed by atoms with van der Waals surface area (Å²) in [6.07, 6.45) is 1.54. The maximum absolute atomic E-state index is 12.7. The van der Waals surface area contributed by atoms with Crippen LogP contribution in [0.1, 0.15) is 18.4 Å². The van der Waals surface area contributed by atoms with Gasteiger partial charge in [0.15, 0.2) is 0 Å². The van der Waals surface area contributed by atoms with Gasteiger partial charge in [-0.15, -0.1) is 12.4 Å². The molecule has 0 radical (unpaired) electrons. The molecule has 0 aromatic heterocycles. The number of ether oxygens (including phenoxy) is 2. The molecule has 0 aliphatic carbocycles. The third-order valence-corrected chi connectivity index (χ3v) is 4.29. The molecule has 1 aliphatic heterocycles. The van der Waals surface area contributed by atoms with Gasteiger partial charge in [0.05, 0.1) is 7.11 Å². The van der Waals surface area contributed by atoms with E-state index in [1.807, 2.05) is 30.3 Å². The maximum atomic E-state index is 12.7. The lowest BCUT2D eigenvalue weighted by Crippen LogP contribution is -2.57. The van der Waals surface area contributed by atoms with E-state index < -0.39 is 17.6 Å². The quantitative estimate of drug-likeness (QED) is 0.746. The summed E-state index contributed by atoms with van der Waals surface area (Å²) in [6.45, 7) is 1.42. The van der Waals surface area contributed by atoms with Crippen LogP contribution >= 0.6 is 12.4 Å². The number of carbonyl (C=O) groups excluding carboxylic acids is 2. The Morgan fingerprint density at radius 3 is 2.38 bits per heavy atom. The topological polar surface area (TPSA) is 76.7 Å². The molecule has 7 heteroatoms. The average Bonchev–Trinajstić information content (AvgIpc) is 2.61. The van der Waals surface area contributed by atoms with E-state index in [0.717, 1.165) is 5.56 Å². The van der Waals surface area contributed by atoms with Gasteiger partial charge in [0.25, 0.3) is 5.91 Å². The molecule has 1 saturated heterocycles. The lowest BCUT2D eigenvalue weighted by atomic mass is 9.90. The van der Waals surface area contributed by atoms with E-state index in [0.29, 0.717) is 32.4 Å². The molecule has 1 aliphatic rings. The van der Waals surface area contributed by atoms with Gasteiger partial charge in [-0.1, -0.05) is 30.3 Å². The number of benzene rings is 1. The van der Waals surface area contributed by atoms with E-state index in [-0.39, 0.29) is 18.3 Å². The highest BCUT2D eigenvalue weighted by molar-refractivity contribution is 5.90. The number of carbonyl (C=O) groups is 2. The molecule has 2 rings (SSSR count). The maximum Gasteiger partial charge on any atom is 0.328 e. The van der Waals surface area contributed by atoms with Crippen molar-refractivity contribution in [3.05, 3.63) is 35.9 Å². The Morgan fingerprint density at radius 2 is 1.83 bits per heavy atom. The molecule has 1 aromatic rings. The summed E-state index contributed by atoms with van der Waals surface area (Å²) in [6, 6.07) is 8.81. The number of halogens is 1. The fourth-order valence-electron chi connectivity index (χ4n) is 2.83. The van der Waals surface area contributed by atoms with Crippen LogP contribution in [0.5, 0.6) is 0 Å². The summed E-state index contributed by atoms with van der Waals surface area (Å²) >= 11 is 0. The van der Waals surface area contributed by atoms with Crippen molar-refractivity contribution in [1.29, 1.82) is 0 Å². The van der Waals surface area contributed by atoms with Crippen molar-refractivity contribution in [2.75, 3.05) is 27.3 Å². The van der Waals surface area contributed by atoms with Gasteiger partial charge in [0.1, 0.15) is 11.6 Å². The summed E-state index contributed by atoms with van der Waals surface area (Å²) in [4.78, 5) is 24.7. The molecule has 1 amide bonds. The van der Waals surface area contributed by atoms with Crippen molar-refractivity contribution in [2.45, 2.75) is 30.9 Å². The van der Waals surface area contributed by atoms with E-state index in [1.54, 1.807) is 0 Å². The summed E-state index contributed by atoms with van der Waals surface area (Å²) in [5.41, 5.74) is 0.0776. The van der Waals surface area contributed by atoms with E-state index >= 15 is 0 Å². The second-order valence-electron chi connectivity index (χ2n) is 5.69. The van der Waals surface area contributed by atoms with Crippen LogP contribution in [-0.4, -0.2) is 50.8 Å². The highest BCUT2D eigenvalue weighted by Gasteiger charge is 2.41. The van der Waals surface area contributed by atoms with Crippen molar-refractivity contribution in [3.63, 3.8) is 0 Å². The van der Waals surface area contributed by atoms with Gasteiger partial charge >= 0.3 is 5.97 Å². The van der Waals surface area contributed by atoms with E-state index in [9.17, 15) is 9.59 Å². The van der Waals surface area contributed by atoms with Crippen molar-refractivity contribution >= 4 is 24.3 Å². The molecule has 0 saturated carbocycles. The smallest absolute Gasteiger partial charge is 0.328 e. The van der Waals surface area contributed by atoms with Gasteiger partial charge in [-0.2, -0.15) is 0 Å². The molecule has 0 spiro atoms. The van der Waals surface area contributed by atoms with Crippen molar-refractivity contribution in [2.24, 2.45) is 0 Å². The zero-order valence-corrected chi connectivity index (χ0v) is 14.9. The summed E-state index contributed by atoms with van der Waals surface area (Å²) < 4.78 is 10.3. The number of hydrogen-bond donors (Lipinski definition) is 2. The standard InChI is InChI=1S/C17H24N2O4.ClH/c1-22-15(20)14(12-13-6-4-3-5-7-13)19-16(21)17(23-2)8-10-18-11-9-17;/h3-7,14,18H,8-12H2,1-2H3,(H,19,21);1H.